The number of hydrogen-bond donors (Lipinski definition) is 3. The van der Waals surface area contributed by atoms with Gasteiger partial charge in [0.15, 0.2) is 5.03 Å². The zero-order valence-corrected chi connectivity index (χ0v) is 12.4. The minimum atomic E-state index is -3.60. The third-order valence-electron chi connectivity index (χ3n) is 2.69. The van der Waals surface area contributed by atoms with Gasteiger partial charge in [0.25, 0.3) is 10.0 Å². The number of rotatable bonds is 6. The summed E-state index contributed by atoms with van der Waals surface area (Å²) in [5, 5.41) is 13.4. The molecule has 0 unspecified atom stereocenters. The summed E-state index contributed by atoms with van der Waals surface area (Å²) < 4.78 is 27.0. The van der Waals surface area contributed by atoms with E-state index in [1.165, 1.54) is 11.3 Å². The quantitative estimate of drug-likeness (QED) is 0.742. The second kappa shape index (κ2) is 5.83. The van der Waals surface area contributed by atoms with E-state index in [1.807, 2.05) is 16.8 Å². The van der Waals surface area contributed by atoms with Crippen LogP contribution in [-0.4, -0.2) is 25.7 Å². The first kappa shape index (κ1) is 14.2. The zero-order valence-electron chi connectivity index (χ0n) is 10.7. The Kier molecular flexibility index (Phi) is 4.35. The molecule has 2 heterocycles. The van der Waals surface area contributed by atoms with Gasteiger partial charge in [0.1, 0.15) is 0 Å². The number of H-pyrrole nitrogens is 1. The first-order valence-corrected chi connectivity index (χ1v) is 8.16. The molecule has 0 aliphatic heterocycles. The lowest BCUT2D eigenvalue weighted by molar-refractivity contribution is 0.575. The van der Waals surface area contributed by atoms with Crippen LogP contribution >= 0.6 is 11.3 Å². The Balaban J connectivity index is 2.19. The molecule has 2 aromatic rings. The molecule has 2 aromatic heterocycles. The molecule has 0 atom stereocenters. The van der Waals surface area contributed by atoms with Gasteiger partial charge in [-0.15, -0.1) is 0 Å². The van der Waals surface area contributed by atoms with Gasteiger partial charge < -0.3 is 5.32 Å². The average Bonchev–Trinajstić information content (AvgIpc) is 2.99. The van der Waals surface area contributed by atoms with Crippen molar-refractivity contribution in [3.63, 3.8) is 0 Å². The first-order chi connectivity index (χ1) is 9.04. The highest BCUT2D eigenvalue weighted by Gasteiger charge is 2.23. The fourth-order valence-electron chi connectivity index (χ4n) is 1.68. The van der Waals surface area contributed by atoms with Gasteiger partial charge in [0.05, 0.1) is 0 Å². The van der Waals surface area contributed by atoms with Crippen LogP contribution in [0.25, 0.3) is 0 Å². The van der Waals surface area contributed by atoms with Gasteiger partial charge in [-0.2, -0.15) is 16.4 Å². The SMILES string of the molecule is CNCc1c(S(=O)(=O)NCc2ccsc2)n[nH]c1C. The number of thiophene rings is 1. The Morgan fingerprint density at radius 3 is 2.84 bits per heavy atom. The second-order valence-electron chi connectivity index (χ2n) is 4.12. The maximum atomic E-state index is 12.2. The lowest BCUT2D eigenvalue weighted by Gasteiger charge is -2.06. The minimum absolute atomic E-state index is 0.0644. The van der Waals surface area contributed by atoms with Crippen LogP contribution < -0.4 is 10.0 Å². The minimum Gasteiger partial charge on any atom is -0.316 e. The summed E-state index contributed by atoms with van der Waals surface area (Å²) in [6, 6.07) is 1.89. The highest BCUT2D eigenvalue weighted by Crippen LogP contribution is 2.16. The van der Waals surface area contributed by atoms with Crippen LogP contribution in [0.4, 0.5) is 0 Å². The summed E-state index contributed by atoms with van der Waals surface area (Å²) in [4.78, 5) is 0. The molecule has 3 N–H and O–H groups in total. The van der Waals surface area contributed by atoms with E-state index < -0.39 is 10.0 Å². The normalized spacial score (nSPS) is 11.9. The third-order valence-corrected chi connectivity index (χ3v) is 4.79. The molecule has 0 aliphatic rings. The molecule has 0 aromatic carbocycles. The van der Waals surface area contributed by atoms with Crippen molar-refractivity contribution in [3.8, 4) is 0 Å². The van der Waals surface area contributed by atoms with Crippen molar-refractivity contribution < 1.29 is 8.42 Å². The van der Waals surface area contributed by atoms with Crippen LogP contribution in [-0.2, 0) is 23.1 Å². The van der Waals surface area contributed by atoms with Crippen molar-refractivity contribution in [2.75, 3.05) is 7.05 Å². The van der Waals surface area contributed by atoms with Crippen LogP contribution in [0.2, 0.25) is 0 Å². The summed E-state index contributed by atoms with van der Waals surface area (Å²) in [5.41, 5.74) is 2.36. The van der Waals surface area contributed by atoms with Crippen molar-refractivity contribution in [1.29, 1.82) is 0 Å². The highest BCUT2D eigenvalue weighted by molar-refractivity contribution is 7.89. The molecule has 8 heteroatoms. The summed E-state index contributed by atoms with van der Waals surface area (Å²) >= 11 is 1.53. The molecule has 0 amide bonds. The van der Waals surface area contributed by atoms with Crippen molar-refractivity contribution >= 4 is 21.4 Å². The summed E-state index contributed by atoms with van der Waals surface area (Å²) in [6.45, 7) is 2.53. The third kappa shape index (κ3) is 3.21. The van der Waals surface area contributed by atoms with E-state index in [-0.39, 0.29) is 11.6 Å². The number of aromatic amines is 1. The van der Waals surface area contributed by atoms with Gasteiger partial charge in [-0.05, 0) is 36.4 Å². The van der Waals surface area contributed by atoms with Crippen molar-refractivity contribution in [1.82, 2.24) is 20.2 Å². The molecule has 6 nitrogen and oxygen atoms in total. The molecule has 0 fully saturated rings. The molecule has 0 saturated carbocycles. The summed E-state index contributed by atoms with van der Waals surface area (Å²) in [5.74, 6) is 0. The van der Waals surface area contributed by atoms with E-state index in [9.17, 15) is 8.42 Å². The van der Waals surface area contributed by atoms with Gasteiger partial charge in [-0.3, -0.25) is 5.10 Å². The predicted molar refractivity (Wildman–Crippen MR) is 74.4 cm³/mol. The number of hydrogen-bond acceptors (Lipinski definition) is 5. The Hall–Kier alpha value is -1.22. The predicted octanol–water partition coefficient (Wildman–Crippen LogP) is 0.978. The topological polar surface area (TPSA) is 86.9 Å². The number of nitrogens with one attached hydrogen (secondary N) is 3. The van der Waals surface area contributed by atoms with Crippen LogP contribution in [0.5, 0.6) is 0 Å². The van der Waals surface area contributed by atoms with Crippen molar-refractivity contribution in [2.45, 2.75) is 25.0 Å². The number of aryl methyl sites for hydroxylation is 1. The molecule has 2 rings (SSSR count). The monoisotopic (exact) mass is 300 g/mol. The largest absolute Gasteiger partial charge is 0.316 e. The van der Waals surface area contributed by atoms with Gasteiger partial charge >= 0.3 is 0 Å². The fourth-order valence-corrected chi connectivity index (χ4v) is 3.55. The van der Waals surface area contributed by atoms with Crippen LogP contribution in [0.1, 0.15) is 16.8 Å². The maximum absolute atomic E-state index is 12.2. The molecule has 0 aliphatic carbocycles. The fraction of sp³-hybridized carbons (Fsp3) is 0.364. The van der Waals surface area contributed by atoms with Crippen molar-refractivity contribution in [3.05, 3.63) is 33.6 Å². The molecule has 0 bridgehead atoms. The van der Waals surface area contributed by atoms with E-state index in [0.29, 0.717) is 12.1 Å². The van der Waals surface area contributed by atoms with Gasteiger partial charge in [0.2, 0.25) is 0 Å². The Labute approximate surface area is 116 Å². The van der Waals surface area contributed by atoms with E-state index in [2.05, 4.69) is 20.2 Å². The first-order valence-electron chi connectivity index (χ1n) is 5.74. The molecular weight excluding hydrogens is 284 g/mol. The van der Waals surface area contributed by atoms with E-state index in [4.69, 9.17) is 0 Å². The number of sulfonamides is 1. The smallest absolute Gasteiger partial charge is 0.260 e. The van der Waals surface area contributed by atoms with Gasteiger partial charge in [-0.1, -0.05) is 0 Å². The molecule has 19 heavy (non-hydrogen) atoms. The summed E-state index contributed by atoms with van der Waals surface area (Å²) in [7, 11) is -1.83. The van der Waals surface area contributed by atoms with E-state index >= 15 is 0 Å². The Morgan fingerprint density at radius 1 is 1.42 bits per heavy atom. The molecule has 104 valence electrons. The van der Waals surface area contributed by atoms with Crippen LogP contribution in [0.15, 0.2) is 21.9 Å². The van der Waals surface area contributed by atoms with Gasteiger partial charge in [0, 0.05) is 24.3 Å². The lowest BCUT2D eigenvalue weighted by Crippen LogP contribution is -2.25. The molecular formula is C11H16N4O2S2. The molecule has 0 spiro atoms. The summed E-state index contributed by atoms with van der Waals surface area (Å²) in [6.07, 6.45) is 0. The second-order valence-corrected chi connectivity index (χ2v) is 6.58. The Bertz CT molecular complexity index is 632. The maximum Gasteiger partial charge on any atom is 0.260 e. The number of aromatic nitrogens is 2. The standard InChI is InChI=1S/C11H16N4O2S2/c1-8-10(6-12-2)11(15-14-8)19(16,17)13-5-9-3-4-18-7-9/h3-4,7,12-13H,5-6H2,1-2H3,(H,14,15). The average molecular weight is 300 g/mol. The van der Waals surface area contributed by atoms with E-state index in [0.717, 1.165) is 11.3 Å². The van der Waals surface area contributed by atoms with E-state index in [1.54, 1.807) is 14.0 Å². The number of nitrogens with zero attached hydrogens (tertiary/aromatic N) is 1. The van der Waals surface area contributed by atoms with Crippen molar-refractivity contribution in [2.24, 2.45) is 0 Å². The highest BCUT2D eigenvalue weighted by atomic mass is 32.2. The zero-order chi connectivity index (χ0) is 13.9. The lowest BCUT2D eigenvalue weighted by atomic mass is 10.3. The van der Waals surface area contributed by atoms with Gasteiger partial charge in [-0.25, -0.2) is 13.1 Å². The van der Waals surface area contributed by atoms with Crippen LogP contribution in [0, 0.1) is 6.92 Å². The molecule has 0 saturated heterocycles. The van der Waals surface area contributed by atoms with Crippen LogP contribution in [0.3, 0.4) is 0 Å². The Morgan fingerprint density at radius 2 is 2.21 bits per heavy atom. The molecule has 0 radical (unpaired) electrons.